The summed E-state index contributed by atoms with van der Waals surface area (Å²) < 4.78 is 9.75. The van der Waals surface area contributed by atoms with Crippen LogP contribution in [0.15, 0.2) is 0 Å². The fourth-order valence-corrected chi connectivity index (χ4v) is 0.662. The average Bonchev–Trinajstić information content (AvgIpc) is 1.80. The minimum atomic E-state index is -0.353. The zero-order chi connectivity index (χ0) is 6.85. The van der Waals surface area contributed by atoms with Crippen LogP contribution in [0, 0.1) is 5.92 Å². The molecule has 0 saturated carbocycles. The number of rotatable bonds is 0. The summed E-state index contributed by atoms with van der Waals surface area (Å²) in [6.07, 6.45) is -0.353. The van der Waals surface area contributed by atoms with Crippen LogP contribution in [0.4, 0.5) is 0 Å². The van der Waals surface area contributed by atoms with Gasteiger partial charge in [0.25, 0.3) is 0 Å². The summed E-state index contributed by atoms with van der Waals surface area (Å²) in [6.45, 7) is 3.98. The van der Waals surface area contributed by atoms with Gasteiger partial charge in [0.15, 0.2) is 6.29 Å². The van der Waals surface area contributed by atoms with Gasteiger partial charge in [0.05, 0.1) is 12.5 Å². The molecule has 0 radical (unpaired) electrons. The predicted octanol–water partition coefficient (Wildman–Crippen LogP) is 0.542. The molecule has 0 aromatic carbocycles. The van der Waals surface area contributed by atoms with Gasteiger partial charge in [-0.2, -0.15) is 0 Å². The first-order valence-electron chi connectivity index (χ1n) is 3.02. The van der Waals surface area contributed by atoms with E-state index < -0.39 is 0 Å². The smallest absolute Gasteiger partial charge is 0.313 e. The van der Waals surface area contributed by atoms with E-state index in [-0.39, 0.29) is 18.2 Å². The zero-order valence-electron chi connectivity index (χ0n) is 5.59. The van der Waals surface area contributed by atoms with Gasteiger partial charge in [0, 0.05) is 0 Å². The van der Waals surface area contributed by atoms with Crippen LogP contribution in [0.1, 0.15) is 13.8 Å². The van der Waals surface area contributed by atoms with Crippen LogP contribution in [0.25, 0.3) is 0 Å². The van der Waals surface area contributed by atoms with Crippen molar-refractivity contribution in [2.75, 3.05) is 6.61 Å². The van der Waals surface area contributed by atoms with Gasteiger partial charge in [0.2, 0.25) is 0 Å². The quantitative estimate of drug-likeness (QED) is 0.449. The molecule has 0 N–H and O–H groups in total. The molecule has 1 aliphatic heterocycles. The van der Waals surface area contributed by atoms with Crippen LogP contribution < -0.4 is 0 Å². The first-order valence-corrected chi connectivity index (χ1v) is 3.02. The van der Waals surface area contributed by atoms with Crippen molar-refractivity contribution in [2.24, 2.45) is 5.92 Å². The Kier molecular flexibility index (Phi) is 1.71. The van der Waals surface area contributed by atoms with E-state index in [2.05, 4.69) is 0 Å². The largest absolute Gasteiger partial charge is 0.436 e. The molecule has 1 rings (SSSR count). The number of hydrogen-bond donors (Lipinski definition) is 0. The molecule has 0 aliphatic carbocycles. The third-order valence-electron chi connectivity index (χ3n) is 1.27. The van der Waals surface area contributed by atoms with Crippen LogP contribution in [-0.2, 0) is 14.3 Å². The van der Waals surface area contributed by atoms with E-state index in [4.69, 9.17) is 9.47 Å². The van der Waals surface area contributed by atoms with Gasteiger partial charge in [-0.25, -0.2) is 0 Å². The van der Waals surface area contributed by atoms with Crippen molar-refractivity contribution in [1.29, 1.82) is 0 Å². The number of esters is 1. The maximum atomic E-state index is 10.7. The highest BCUT2D eigenvalue weighted by molar-refractivity contribution is 5.72. The van der Waals surface area contributed by atoms with Crippen LogP contribution in [0.5, 0.6) is 0 Å². The van der Waals surface area contributed by atoms with Crippen molar-refractivity contribution in [3.63, 3.8) is 0 Å². The Morgan fingerprint density at radius 2 is 2.22 bits per heavy atom. The fourth-order valence-electron chi connectivity index (χ4n) is 0.662. The zero-order valence-corrected chi connectivity index (χ0v) is 5.59. The van der Waals surface area contributed by atoms with Gasteiger partial charge in [-0.3, -0.25) is 4.79 Å². The van der Waals surface area contributed by atoms with E-state index in [1.54, 1.807) is 13.8 Å². The minimum absolute atomic E-state index is 0.0961. The summed E-state index contributed by atoms with van der Waals surface area (Å²) in [5.74, 6) is -0.255. The topological polar surface area (TPSA) is 35.5 Å². The molecule has 52 valence electrons. The van der Waals surface area contributed by atoms with Gasteiger partial charge in [-0.1, -0.05) is 0 Å². The van der Waals surface area contributed by atoms with Crippen LogP contribution in [0.3, 0.4) is 0 Å². The normalized spacial score (nSPS) is 36.0. The Morgan fingerprint density at radius 1 is 1.56 bits per heavy atom. The Balaban J connectivity index is 2.44. The Hall–Kier alpha value is -0.570. The lowest BCUT2D eigenvalue weighted by Crippen LogP contribution is -2.33. The molecular weight excluding hydrogens is 120 g/mol. The molecule has 0 bridgehead atoms. The average molecular weight is 130 g/mol. The van der Waals surface area contributed by atoms with E-state index in [1.165, 1.54) is 0 Å². The molecule has 9 heavy (non-hydrogen) atoms. The van der Waals surface area contributed by atoms with Gasteiger partial charge < -0.3 is 9.47 Å². The second-order valence-corrected chi connectivity index (χ2v) is 2.24. The van der Waals surface area contributed by atoms with Crippen molar-refractivity contribution >= 4 is 5.97 Å². The molecule has 0 spiro atoms. The summed E-state index contributed by atoms with van der Waals surface area (Å²) in [6, 6.07) is 0. The molecule has 1 heterocycles. The van der Waals surface area contributed by atoms with Crippen molar-refractivity contribution in [1.82, 2.24) is 0 Å². The molecule has 1 saturated heterocycles. The summed E-state index contributed by atoms with van der Waals surface area (Å²) in [4.78, 5) is 10.7. The maximum absolute atomic E-state index is 10.7. The molecule has 0 amide bonds. The molecule has 2 unspecified atom stereocenters. The SMILES string of the molecule is CC1OCC(C)C(=O)O1. The second-order valence-electron chi connectivity index (χ2n) is 2.24. The molecule has 1 fully saturated rings. The van der Waals surface area contributed by atoms with Gasteiger partial charge in [-0.15, -0.1) is 0 Å². The predicted molar refractivity (Wildman–Crippen MR) is 30.7 cm³/mol. The van der Waals surface area contributed by atoms with Crippen LogP contribution >= 0.6 is 0 Å². The summed E-state index contributed by atoms with van der Waals surface area (Å²) in [7, 11) is 0. The number of hydrogen-bond acceptors (Lipinski definition) is 3. The van der Waals surface area contributed by atoms with Crippen LogP contribution in [-0.4, -0.2) is 18.9 Å². The maximum Gasteiger partial charge on any atom is 0.313 e. The molecule has 0 aromatic rings. The Morgan fingerprint density at radius 3 is 2.67 bits per heavy atom. The number of cyclic esters (lactones) is 1. The molecular formula is C6H10O3. The third-order valence-corrected chi connectivity index (χ3v) is 1.27. The first kappa shape index (κ1) is 6.55. The monoisotopic (exact) mass is 130 g/mol. The van der Waals surface area contributed by atoms with Gasteiger partial charge >= 0.3 is 5.97 Å². The number of carbonyl (C=O) groups is 1. The van der Waals surface area contributed by atoms with Gasteiger partial charge in [0.1, 0.15) is 0 Å². The lowest BCUT2D eigenvalue weighted by molar-refractivity contribution is -0.202. The van der Waals surface area contributed by atoms with E-state index >= 15 is 0 Å². The first-order chi connectivity index (χ1) is 4.20. The van der Waals surface area contributed by atoms with E-state index in [9.17, 15) is 4.79 Å². The second kappa shape index (κ2) is 2.35. The van der Waals surface area contributed by atoms with E-state index in [0.717, 1.165) is 0 Å². The lowest BCUT2D eigenvalue weighted by Gasteiger charge is -2.23. The molecule has 3 heteroatoms. The third kappa shape index (κ3) is 1.42. The Bertz CT molecular complexity index is 121. The molecule has 1 aliphatic rings. The minimum Gasteiger partial charge on any atom is -0.436 e. The number of ether oxygens (including phenoxy) is 2. The van der Waals surface area contributed by atoms with Crippen molar-refractivity contribution in [2.45, 2.75) is 20.1 Å². The summed E-state index contributed by atoms with van der Waals surface area (Å²) in [5, 5.41) is 0. The fraction of sp³-hybridized carbons (Fsp3) is 0.833. The van der Waals surface area contributed by atoms with E-state index in [0.29, 0.717) is 6.61 Å². The number of carbonyl (C=O) groups excluding carboxylic acids is 1. The molecule has 0 aromatic heterocycles. The van der Waals surface area contributed by atoms with Gasteiger partial charge in [-0.05, 0) is 13.8 Å². The molecule has 2 atom stereocenters. The highest BCUT2D eigenvalue weighted by Gasteiger charge is 2.23. The van der Waals surface area contributed by atoms with Crippen molar-refractivity contribution in [3.8, 4) is 0 Å². The lowest BCUT2D eigenvalue weighted by atomic mass is 10.2. The van der Waals surface area contributed by atoms with Crippen LogP contribution in [0.2, 0.25) is 0 Å². The van der Waals surface area contributed by atoms with Crippen molar-refractivity contribution in [3.05, 3.63) is 0 Å². The Labute approximate surface area is 53.9 Å². The summed E-state index contributed by atoms with van der Waals surface area (Å²) in [5.41, 5.74) is 0. The van der Waals surface area contributed by atoms with Crippen molar-refractivity contribution < 1.29 is 14.3 Å². The highest BCUT2D eigenvalue weighted by Crippen LogP contribution is 2.10. The molecule has 3 nitrogen and oxygen atoms in total. The highest BCUT2D eigenvalue weighted by atomic mass is 16.7. The standard InChI is InChI=1S/C6H10O3/c1-4-3-8-5(2)9-6(4)7/h4-5H,3H2,1-2H3. The summed E-state index contributed by atoms with van der Waals surface area (Å²) >= 11 is 0. The van der Waals surface area contributed by atoms with E-state index in [1.807, 2.05) is 0 Å².